The van der Waals surface area contributed by atoms with Crippen molar-refractivity contribution in [1.29, 1.82) is 0 Å². The van der Waals surface area contributed by atoms with E-state index in [1.54, 1.807) is 0 Å². The van der Waals surface area contributed by atoms with Crippen LogP contribution in [0, 0.1) is 0 Å². The highest BCUT2D eigenvalue weighted by Crippen LogP contribution is 2.55. The molecule has 0 saturated carbocycles. The fourth-order valence-corrected chi connectivity index (χ4v) is 11.2. The van der Waals surface area contributed by atoms with Crippen LogP contribution in [-0.4, -0.2) is 0 Å². The van der Waals surface area contributed by atoms with Crippen LogP contribution in [0.1, 0.15) is 48.6 Å². The third-order valence-corrected chi connectivity index (χ3v) is 14.6. The molecule has 0 saturated heterocycles. The van der Waals surface area contributed by atoms with Crippen molar-refractivity contribution in [2.24, 2.45) is 0 Å². The molecule has 1 heteroatoms. The first-order chi connectivity index (χ1) is 32.4. The second-order valence-electron chi connectivity index (χ2n) is 18.6. The van der Waals surface area contributed by atoms with Crippen LogP contribution in [0.25, 0.3) is 66.8 Å². The zero-order valence-electron chi connectivity index (χ0n) is 37.5. The maximum atomic E-state index is 2.44. The van der Waals surface area contributed by atoms with E-state index in [9.17, 15) is 0 Å². The minimum atomic E-state index is -0.309. The maximum Gasteiger partial charge on any atom is 0.0465 e. The van der Waals surface area contributed by atoms with Crippen molar-refractivity contribution < 1.29 is 0 Å². The number of hydrogen-bond acceptors (Lipinski definition) is 1. The largest absolute Gasteiger partial charge is 0.310 e. The summed E-state index contributed by atoms with van der Waals surface area (Å²) in [5.74, 6) is 0. The van der Waals surface area contributed by atoms with Gasteiger partial charge in [-0.05, 0) is 138 Å². The molecule has 0 aromatic heterocycles. The molecular weight excluding hydrogens is 795 g/mol. The van der Waals surface area contributed by atoms with E-state index in [4.69, 9.17) is 0 Å². The van der Waals surface area contributed by atoms with Gasteiger partial charge in [0.25, 0.3) is 0 Å². The van der Waals surface area contributed by atoms with Crippen molar-refractivity contribution >= 4 is 17.1 Å². The Hall–Kier alpha value is -8.00. The molecule has 10 aromatic carbocycles. The van der Waals surface area contributed by atoms with Gasteiger partial charge < -0.3 is 4.90 Å². The van der Waals surface area contributed by atoms with Crippen LogP contribution in [0.2, 0.25) is 0 Å². The summed E-state index contributed by atoms with van der Waals surface area (Å²) < 4.78 is 0. The minimum absolute atomic E-state index is 0.100. The summed E-state index contributed by atoms with van der Waals surface area (Å²) in [6.07, 6.45) is 0. The predicted octanol–water partition coefficient (Wildman–Crippen LogP) is 17.5. The molecule has 10 aromatic rings. The van der Waals surface area contributed by atoms with Gasteiger partial charge in [-0.15, -0.1) is 0 Å². The quantitative estimate of drug-likeness (QED) is 0.147. The number of nitrogens with zero attached hydrogens (tertiary/aromatic N) is 1. The summed E-state index contributed by atoms with van der Waals surface area (Å²) in [6.45, 7) is 7.14. The fourth-order valence-electron chi connectivity index (χ4n) is 11.2. The molecule has 1 unspecified atom stereocenters. The number of fused-ring (bicyclic) bond motifs is 6. The zero-order valence-corrected chi connectivity index (χ0v) is 37.5. The Kier molecular flexibility index (Phi) is 9.36. The molecule has 0 bridgehead atoms. The number of benzene rings is 10. The molecule has 0 radical (unpaired) electrons. The van der Waals surface area contributed by atoms with Crippen LogP contribution >= 0.6 is 0 Å². The Balaban J connectivity index is 0.925. The third kappa shape index (κ3) is 6.38. The molecule has 2 aliphatic carbocycles. The Bertz CT molecular complexity index is 3400. The van der Waals surface area contributed by atoms with Crippen LogP contribution in [0.15, 0.2) is 243 Å². The van der Waals surface area contributed by atoms with E-state index in [1.807, 2.05) is 0 Å². The zero-order chi connectivity index (χ0) is 44.4. The second kappa shape index (κ2) is 15.6. The lowest BCUT2D eigenvalue weighted by molar-refractivity contribution is 0.662. The summed E-state index contributed by atoms with van der Waals surface area (Å²) in [7, 11) is 0. The van der Waals surface area contributed by atoms with Crippen LogP contribution in [0.3, 0.4) is 0 Å². The highest BCUT2D eigenvalue weighted by atomic mass is 15.1. The normalized spacial score (nSPS) is 15.1. The Morgan fingerprint density at radius 2 is 0.667 bits per heavy atom. The smallest absolute Gasteiger partial charge is 0.0465 e. The Labute approximate surface area is 389 Å². The average molecular weight is 844 g/mol. The number of rotatable bonds is 8. The molecule has 12 rings (SSSR count). The van der Waals surface area contributed by atoms with E-state index in [0.717, 1.165) is 17.1 Å². The summed E-state index contributed by atoms with van der Waals surface area (Å²) in [5, 5.41) is 0. The Morgan fingerprint density at radius 3 is 1.24 bits per heavy atom. The summed E-state index contributed by atoms with van der Waals surface area (Å²) >= 11 is 0. The van der Waals surface area contributed by atoms with Gasteiger partial charge in [0.15, 0.2) is 0 Å². The molecule has 314 valence electrons. The highest BCUT2D eigenvalue weighted by Gasteiger charge is 2.41. The summed E-state index contributed by atoms with van der Waals surface area (Å²) in [6, 6.07) is 89.5. The standard InChI is InChI=1S/C65H49N/c1-64(2)60-23-12-10-20-57(60)59-22-14-21-55(63(59)64)50-35-39-53(40-36-50)66(54-41-42-58-56-19-11-13-24-61(56)65(3,62(58)43-54)51-17-8-5-9-18-51)52-37-33-49(34-38-52)48-31-29-47(30-32-48)46-27-25-45(26-28-46)44-15-6-4-7-16-44/h4-43H,1-3H3. The van der Waals surface area contributed by atoms with E-state index in [0.29, 0.717) is 0 Å². The molecule has 2 aliphatic rings. The number of hydrogen-bond donors (Lipinski definition) is 0. The minimum Gasteiger partial charge on any atom is -0.310 e. The van der Waals surface area contributed by atoms with Gasteiger partial charge in [-0.1, -0.05) is 220 Å². The molecule has 66 heavy (non-hydrogen) atoms. The molecular formula is C65H49N. The van der Waals surface area contributed by atoms with Gasteiger partial charge in [0, 0.05) is 27.9 Å². The van der Waals surface area contributed by atoms with Gasteiger partial charge in [0.2, 0.25) is 0 Å². The topological polar surface area (TPSA) is 3.24 Å². The van der Waals surface area contributed by atoms with Crippen molar-refractivity contribution in [3.8, 4) is 66.8 Å². The second-order valence-corrected chi connectivity index (χ2v) is 18.6. The van der Waals surface area contributed by atoms with Crippen molar-refractivity contribution in [2.75, 3.05) is 4.90 Å². The van der Waals surface area contributed by atoms with Crippen molar-refractivity contribution in [2.45, 2.75) is 31.6 Å². The lowest BCUT2D eigenvalue weighted by atomic mass is 9.74. The Morgan fingerprint density at radius 1 is 0.273 bits per heavy atom. The summed E-state index contributed by atoms with van der Waals surface area (Å²) in [5.41, 5.74) is 24.8. The monoisotopic (exact) mass is 843 g/mol. The van der Waals surface area contributed by atoms with Gasteiger partial charge in [-0.25, -0.2) is 0 Å². The van der Waals surface area contributed by atoms with Gasteiger partial charge in [-0.2, -0.15) is 0 Å². The van der Waals surface area contributed by atoms with Crippen molar-refractivity contribution in [3.63, 3.8) is 0 Å². The number of anilines is 3. The van der Waals surface area contributed by atoms with Gasteiger partial charge in [0.05, 0.1) is 0 Å². The van der Waals surface area contributed by atoms with E-state index in [2.05, 4.69) is 268 Å². The lowest BCUT2D eigenvalue weighted by Crippen LogP contribution is -2.22. The molecule has 1 nitrogen and oxygen atoms in total. The molecule has 0 heterocycles. The fraction of sp³-hybridized carbons (Fsp3) is 0.0769. The lowest BCUT2D eigenvalue weighted by Gasteiger charge is -2.31. The first kappa shape index (κ1) is 39.6. The average Bonchev–Trinajstić information content (AvgIpc) is 3.79. The maximum absolute atomic E-state index is 2.44. The first-order valence-corrected chi connectivity index (χ1v) is 23.2. The van der Waals surface area contributed by atoms with Crippen LogP contribution in [0.4, 0.5) is 17.1 Å². The SMILES string of the molecule is CC1(C)c2ccccc2-c2cccc(-c3ccc(N(c4ccc(-c5ccc(-c6ccc(-c7ccccc7)cc6)cc5)cc4)c4ccc5c(c4)C(C)(c4ccccc4)c4ccccc4-5)cc3)c21. The predicted molar refractivity (Wildman–Crippen MR) is 278 cm³/mol. The summed E-state index contributed by atoms with van der Waals surface area (Å²) in [4.78, 5) is 2.43. The first-order valence-electron chi connectivity index (χ1n) is 23.2. The van der Waals surface area contributed by atoms with Crippen LogP contribution < -0.4 is 4.90 Å². The molecule has 0 aliphatic heterocycles. The van der Waals surface area contributed by atoms with Crippen LogP contribution in [-0.2, 0) is 10.8 Å². The molecule has 0 spiro atoms. The van der Waals surface area contributed by atoms with Gasteiger partial charge >= 0.3 is 0 Å². The molecule has 0 N–H and O–H groups in total. The third-order valence-electron chi connectivity index (χ3n) is 14.6. The van der Waals surface area contributed by atoms with E-state index < -0.39 is 0 Å². The molecule has 0 fully saturated rings. The van der Waals surface area contributed by atoms with Gasteiger partial charge in [-0.3, -0.25) is 0 Å². The van der Waals surface area contributed by atoms with Crippen molar-refractivity contribution in [3.05, 3.63) is 270 Å². The molecule has 0 amide bonds. The van der Waals surface area contributed by atoms with Gasteiger partial charge in [0.1, 0.15) is 0 Å². The van der Waals surface area contributed by atoms with E-state index in [1.165, 1.54) is 94.6 Å². The highest BCUT2D eigenvalue weighted by molar-refractivity contribution is 5.90. The molecule has 1 atom stereocenters. The van der Waals surface area contributed by atoms with E-state index >= 15 is 0 Å². The van der Waals surface area contributed by atoms with Crippen LogP contribution in [0.5, 0.6) is 0 Å². The van der Waals surface area contributed by atoms with E-state index in [-0.39, 0.29) is 10.8 Å². The van der Waals surface area contributed by atoms with Crippen molar-refractivity contribution in [1.82, 2.24) is 0 Å².